The Morgan fingerprint density at radius 3 is 1.18 bits per heavy atom. The predicted molar refractivity (Wildman–Crippen MR) is 30.9 cm³/mol. The van der Waals surface area contributed by atoms with Crippen LogP contribution < -0.4 is 0 Å². The summed E-state index contributed by atoms with van der Waals surface area (Å²) >= 11 is 0. The third-order valence-electron chi connectivity index (χ3n) is 0.0781. The molecule has 0 fully saturated rings. The van der Waals surface area contributed by atoms with E-state index in [4.69, 9.17) is 30.2 Å². The van der Waals surface area contributed by atoms with Gasteiger partial charge >= 0.3 is 50.0 Å². The van der Waals surface area contributed by atoms with Gasteiger partial charge in [0.15, 0.2) is 0 Å². The Balaban J connectivity index is -0.0000000383. The molecule has 0 aliphatic heterocycles. The topological polar surface area (TPSA) is 124 Å². The monoisotopic (exact) mass is 245 g/mol. The fourth-order valence-electron chi connectivity index (χ4n) is 0. The van der Waals surface area contributed by atoms with Crippen molar-refractivity contribution in [2.24, 2.45) is 0 Å². The van der Waals surface area contributed by atoms with E-state index >= 15 is 0 Å². The molecule has 0 spiro atoms. The molecule has 0 rings (SSSR count). The van der Waals surface area contributed by atoms with Crippen LogP contribution in [0.25, 0.3) is 0 Å². The van der Waals surface area contributed by atoms with E-state index in [0.717, 1.165) is 0 Å². The van der Waals surface area contributed by atoms with Gasteiger partial charge in [-0.05, 0) is 0 Å². The average molecular weight is 246 g/mol. The maximum absolute atomic E-state index is 8.90. The Labute approximate surface area is 101 Å². The molecular formula is C2H6CaCuO7. The Bertz CT molecular complexity index is 101. The normalized spacial score (nSPS) is 5.18. The molecule has 0 aromatic carbocycles. The summed E-state index contributed by atoms with van der Waals surface area (Å²) in [6.07, 6.45) is -3.52. The van der Waals surface area contributed by atoms with Gasteiger partial charge in [0, 0.05) is 17.1 Å². The SMILES string of the molecule is O=C(O)O.O=C(O)OO.[CaH2].[Cu]. The van der Waals surface area contributed by atoms with E-state index in [0.29, 0.717) is 0 Å². The molecule has 0 aliphatic carbocycles. The standard InChI is InChI=1S/CH2O4.CH2O3.Ca.Cu.2H/c2-1(3)5-4;2-1(3)4;;;;/h4H,(H,2,3);(H2,2,3,4);;;;. The second-order valence-corrected chi connectivity index (χ2v) is 0.640. The number of hydrogen-bond acceptors (Lipinski definition) is 4. The van der Waals surface area contributed by atoms with Gasteiger partial charge in [0.1, 0.15) is 0 Å². The Morgan fingerprint density at radius 1 is 1.09 bits per heavy atom. The second kappa shape index (κ2) is 16.7. The third kappa shape index (κ3) is 136. The van der Waals surface area contributed by atoms with Crippen LogP contribution in [0.15, 0.2) is 0 Å². The molecule has 0 saturated carbocycles. The molecule has 0 amide bonds. The van der Waals surface area contributed by atoms with Crippen molar-refractivity contribution in [3.05, 3.63) is 0 Å². The van der Waals surface area contributed by atoms with Gasteiger partial charge < -0.3 is 15.3 Å². The molecular weight excluding hydrogens is 240 g/mol. The number of rotatable bonds is 0. The molecule has 0 aliphatic rings. The zero-order chi connectivity index (χ0) is 7.86. The van der Waals surface area contributed by atoms with Gasteiger partial charge in [0.2, 0.25) is 0 Å². The first kappa shape index (κ1) is 22.5. The average Bonchev–Trinajstić information content (AvgIpc) is 1.65. The smallest absolute Gasteiger partial charge is 0 e. The van der Waals surface area contributed by atoms with Crippen LogP contribution in [0.4, 0.5) is 9.59 Å². The van der Waals surface area contributed by atoms with Crippen LogP contribution >= 0.6 is 0 Å². The van der Waals surface area contributed by atoms with Crippen LogP contribution in [0.2, 0.25) is 0 Å². The Morgan fingerprint density at radius 2 is 1.18 bits per heavy atom. The van der Waals surface area contributed by atoms with Crippen LogP contribution in [-0.2, 0) is 22.0 Å². The molecule has 9 heteroatoms. The van der Waals surface area contributed by atoms with Crippen LogP contribution in [0, 0.1) is 0 Å². The van der Waals surface area contributed by atoms with Crippen molar-refractivity contribution >= 4 is 50.0 Å². The second-order valence-electron chi connectivity index (χ2n) is 0.640. The van der Waals surface area contributed by atoms with Crippen molar-refractivity contribution < 1.29 is 52.1 Å². The summed E-state index contributed by atoms with van der Waals surface area (Å²) in [5.41, 5.74) is 0. The minimum absolute atomic E-state index is 0. The van der Waals surface area contributed by atoms with E-state index in [2.05, 4.69) is 4.89 Å². The van der Waals surface area contributed by atoms with E-state index in [1.54, 1.807) is 0 Å². The molecule has 4 N–H and O–H groups in total. The molecule has 69 valence electrons. The van der Waals surface area contributed by atoms with Crippen LogP contribution in [0.3, 0.4) is 0 Å². The summed E-state index contributed by atoms with van der Waals surface area (Å²) in [6.45, 7) is 0. The minimum atomic E-state index is -1.83. The number of carbonyl (C=O) groups is 2. The Hall–Kier alpha value is 0.279. The molecule has 0 aromatic rings. The van der Waals surface area contributed by atoms with E-state index in [1.165, 1.54) is 0 Å². The maximum Gasteiger partial charge on any atom is 0 e. The molecule has 1 radical (unpaired) electrons. The van der Waals surface area contributed by atoms with Gasteiger partial charge in [0.25, 0.3) is 0 Å². The van der Waals surface area contributed by atoms with Crippen molar-refractivity contribution in [3.8, 4) is 0 Å². The fraction of sp³-hybridized carbons (Fsp3) is 0. The number of hydrogen-bond donors (Lipinski definition) is 4. The molecule has 11 heavy (non-hydrogen) atoms. The van der Waals surface area contributed by atoms with Crippen molar-refractivity contribution in [1.29, 1.82) is 0 Å². The molecule has 0 saturated heterocycles. The van der Waals surface area contributed by atoms with Gasteiger partial charge in [-0.3, -0.25) is 4.89 Å². The van der Waals surface area contributed by atoms with Gasteiger partial charge in [-0.2, -0.15) is 5.26 Å². The van der Waals surface area contributed by atoms with Crippen LogP contribution in [0.1, 0.15) is 0 Å². The van der Waals surface area contributed by atoms with Crippen molar-refractivity contribution in [2.75, 3.05) is 0 Å². The van der Waals surface area contributed by atoms with E-state index < -0.39 is 12.3 Å². The number of carboxylic acid groups (broad SMARTS) is 3. The quantitative estimate of drug-likeness (QED) is 0.257. The van der Waals surface area contributed by atoms with E-state index in [1.807, 2.05) is 0 Å². The summed E-state index contributed by atoms with van der Waals surface area (Å²) in [7, 11) is 0. The zero-order valence-electron chi connectivity index (χ0n) is 4.32. The Kier molecular flexibility index (Phi) is 34.2. The molecule has 0 bridgehead atoms. The van der Waals surface area contributed by atoms with Crippen molar-refractivity contribution in [3.63, 3.8) is 0 Å². The largest absolute Gasteiger partial charge is 0 e. The summed E-state index contributed by atoms with van der Waals surface area (Å²) in [4.78, 5) is 20.1. The minimum Gasteiger partial charge on any atom is 0 e. The first-order valence-corrected chi connectivity index (χ1v) is 1.47. The van der Waals surface area contributed by atoms with Gasteiger partial charge in [-0.25, -0.2) is 9.59 Å². The maximum atomic E-state index is 8.90. The van der Waals surface area contributed by atoms with E-state index in [9.17, 15) is 0 Å². The van der Waals surface area contributed by atoms with Gasteiger partial charge in [-0.15, -0.1) is 0 Å². The van der Waals surface area contributed by atoms with Crippen LogP contribution in [-0.4, -0.2) is 70.6 Å². The summed E-state index contributed by atoms with van der Waals surface area (Å²) in [5, 5.41) is 28.2. The van der Waals surface area contributed by atoms with Crippen molar-refractivity contribution in [1.82, 2.24) is 0 Å². The molecule has 0 unspecified atom stereocenters. The summed E-state index contributed by atoms with van der Waals surface area (Å²) in [6, 6.07) is 0. The van der Waals surface area contributed by atoms with Gasteiger partial charge in [0.05, 0.1) is 0 Å². The molecule has 0 aromatic heterocycles. The van der Waals surface area contributed by atoms with Crippen molar-refractivity contribution in [2.45, 2.75) is 0 Å². The van der Waals surface area contributed by atoms with Crippen LogP contribution in [0.5, 0.6) is 0 Å². The van der Waals surface area contributed by atoms with E-state index in [-0.39, 0.29) is 54.8 Å². The fourth-order valence-corrected chi connectivity index (χ4v) is 0. The first-order chi connectivity index (χ1) is 4.00. The third-order valence-corrected chi connectivity index (χ3v) is 0.0781. The first-order valence-electron chi connectivity index (χ1n) is 1.47. The summed E-state index contributed by atoms with van der Waals surface area (Å²) in [5.74, 6) is 0. The molecule has 0 atom stereocenters. The van der Waals surface area contributed by atoms with Gasteiger partial charge in [-0.1, -0.05) is 0 Å². The zero-order valence-corrected chi connectivity index (χ0v) is 5.26. The molecule has 0 heterocycles. The predicted octanol–water partition coefficient (Wildman–Crippen LogP) is -0.542. The summed E-state index contributed by atoms with van der Waals surface area (Å²) < 4.78 is 0. The molecule has 7 nitrogen and oxygen atoms in total.